The van der Waals surface area contributed by atoms with Gasteiger partial charge in [0.2, 0.25) is 0 Å². The van der Waals surface area contributed by atoms with Crippen molar-refractivity contribution in [2.24, 2.45) is 0 Å². The highest BCUT2D eigenvalue weighted by Crippen LogP contribution is 2.28. The quantitative estimate of drug-likeness (QED) is 0.331. The van der Waals surface area contributed by atoms with E-state index in [9.17, 15) is 4.79 Å². The van der Waals surface area contributed by atoms with Crippen LogP contribution in [0.5, 0.6) is 0 Å². The van der Waals surface area contributed by atoms with E-state index in [-0.39, 0.29) is 5.56 Å². The summed E-state index contributed by atoms with van der Waals surface area (Å²) < 4.78 is 7.06. The predicted molar refractivity (Wildman–Crippen MR) is 114 cm³/mol. The molecule has 1 aromatic carbocycles. The number of aromatic nitrogens is 3. The molecule has 0 aliphatic rings. The molecule has 3 heterocycles. The van der Waals surface area contributed by atoms with Gasteiger partial charge in [-0.1, -0.05) is 54.2 Å². The number of thioether (sulfide) groups is 1. The van der Waals surface area contributed by atoms with Crippen LogP contribution in [0, 0.1) is 13.8 Å². The van der Waals surface area contributed by atoms with Crippen LogP contribution in [0.25, 0.3) is 10.2 Å². The van der Waals surface area contributed by atoms with Crippen LogP contribution in [0.15, 0.2) is 50.9 Å². The standard InChI is InChI=1S/C21H21N3O2S2/c1-4-16-10-17-19(28-16)22-21(27-12-18-13(2)23-26-14(18)3)24(20(17)25)11-15-8-6-5-7-9-15/h5-10H,4,11-12H2,1-3H3. The molecule has 7 heteroatoms. The van der Waals surface area contributed by atoms with Gasteiger partial charge in [0, 0.05) is 16.2 Å². The van der Waals surface area contributed by atoms with Crippen molar-refractivity contribution in [2.45, 2.75) is 44.6 Å². The maximum absolute atomic E-state index is 13.3. The highest BCUT2D eigenvalue weighted by molar-refractivity contribution is 7.98. The van der Waals surface area contributed by atoms with Crippen molar-refractivity contribution in [2.75, 3.05) is 0 Å². The first-order valence-corrected chi connectivity index (χ1v) is 11.0. The molecule has 5 nitrogen and oxygen atoms in total. The van der Waals surface area contributed by atoms with E-state index in [1.807, 2.05) is 50.2 Å². The van der Waals surface area contributed by atoms with Gasteiger partial charge in [-0.05, 0) is 31.9 Å². The summed E-state index contributed by atoms with van der Waals surface area (Å²) >= 11 is 3.16. The molecule has 4 rings (SSSR count). The molecular formula is C21H21N3O2S2. The second-order valence-electron chi connectivity index (χ2n) is 6.65. The fourth-order valence-electron chi connectivity index (χ4n) is 3.08. The SMILES string of the molecule is CCc1cc2c(=O)n(Cc3ccccc3)c(SCc3c(C)noc3C)nc2s1. The first kappa shape index (κ1) is 19.0. The highest BCUT2D eigenvalue weighted by Gasteiger charge is 2.17. The minimum absolute atomic E-state index is 0.0195. The Balaban J connectivity index is 1.77. The van der Waals surface area contributed by atoms with Crippen LogP contribution in [0.4, 0.5) is 0 Å². The van der Waals surface area contributed by atoms with Gasteiger partial charge in [0.15, 0.2) is 5.16 Å². The number of benzene rings is 1. The Labute approximate surface area is 171 Å². The summed E-state index contributed by atoms with van der Waals surface area (Å²) in [4.78, 5) is 20.1. The van der Waals surface area contributed by atoms with E-state index in [4.69, 9.17) is 9.51 Å². The van der Waals surface area contributed by atoms with Crippen molar-refractivity contribution in [3.05, 3.63) is 74.2 Å². The maximum atomic E-state index is 13.3. The molecule has 0 bridgehead atoms. The van der Waals surface area contributed by atoms with Gasteiger partial charge in [-0.3, -0.25) is 9.36 Å². The van der Waals surface area contributed by atoms with Crippen LogP contribution in [0.3, 0.4) is 0 Å². The Morgan fingerprint density at radius 2 is 2.00 bits per heavy atom. The molecule has 0 aliphatic carbocycles. The van der Waals surface area contributed by atoms with Crippen molar-refractivity contribution in [1.82, 2.24) is 14.7 Å². The van der Waals surface area contributed by atoms with Crippen LogP contribution >= 0.6 is 23.1 Å². The predicted octanol–water partition coefficient (Wildman–Crippen LogP) is 4.97. The zero-order valence-corrected chi connectivity index (χ0v) is 17.7. The van der Waals surface area contributed by atoms with Crippen molar-refractivity contribution >= 4 is 33.3 Å². The van der Waals surface area contributed by atoms with Gasteiger partial charge >= 0.3 is 0 Å². The highest BCUT2D eigenvalue weighted by atomic mass is 32.2. The number of rotatable bonds is 6. The van der Waals surface area contributed by atoms with E-state index in [0.29, 0.717) is 17.7 Å². The zero-order chi connectivity index (χ0) is 19.7. The van der Waals surface area contributed by atoms with Crippen molar-refractivity contribution in [3.8, 4) is 0 Å². The van der Waals surface area contributed by atoms with Crippen molar-refractivity contribution < 1.29 is 4.52 Å². The molecule has 0 amide bonds. The molecule has 3 aromatic heterocycles. The van der Waals surface area contributed by atoms with Crippen LogP contribution in [0.1, 0.15) is 34.4 Å². The molecule has 0 fully saturated rings. The van der Waals surface area contributed by atoms with Gasteiger partial charge < -0.3 is 4.52 Å². The molecule has 144 valence electrons. The largest absolute Gasteiger partial charge is 0.361 e. The molecule has 0 N–H and O–H groups in total. The lowest BCUT2D eigenvalue weighted by Gasteiger charge is -2.12. The number of fused-ring (bicyclic) bond motifs is 1. The minimum Gasteiger partial charge on any atom is -0.361 e. The Morgan fingerprint density at radius 1 is 1.21 bits per heavy atom. The third-order valence-electron chi connectivity index (χ3n) is 4.73. The Hall–Kier alpha value is -2.38. The molecule has 28 heavy (non-hydrogen) atoms. The lowest BCUT2D eigenvalue weighted by Crippen LogP contribution is -2.23. The van der Waals surface area contributed by atoms with Crippen LogP contribution in [-0.4, -0.2) is 14.7 Å². The maximum Gasteiger partial charge on any atom is 0.263 e. The summed E-state index contributed by atoms with van der Waals surface area (Å²) in [6.45, 7) is 6.45. The van der Waals surface area contributed by atoms with Gasteiger partial charge in [0.1, 0.15) is 10.6 Å². The van der Waals surface area contributed by atoms with Gasteiger partial charge in [0.25, 0.3) is 5.56 Å². The van der Waals surface area contributed by atoms with Crippen molar-refractivity contribution in [1.29, 1.82) is 0 Å². The van der Waals surface area contributed by atoms with E-state index >= 15 is 0 Å². The summed E-state index contributed by atoms with van der Waals surface area (Å²) in [6, 6.07) is 12.0. The van der Waals surface area contributed by atoms with Gasteiger partial charge in [-0.2, -0.15) is 0 Å². The van der Waals surface area contributed by atoms with E-state index in [0.717, 1.165) is 39.0 Å². The number of thiophene rings is 1. The lowest BCUT2D eigenvalue weighted by molar-refractivity contribution is 0.392. The zero-order valence-electron chi connectivity index (χ0n) is 16.1. The fraction of sp³-hybridized carbons (Fsp3) is 0.286. The molecule has 0 atom stereocenters. The molecule has 0 saturated heterocycles. The summed E-state index contributed by atoms with van der Waals surface area (Å²) in [5, 5.41) is 5.46. The molecule has 0 aliphatic heterocycles. The Kier molecular flexibility index (Phi) is 5.37. The minimum atomic E-state index is 0.0195. The molecule has 0 spiro atoms. The molecule has 0 radical (unpaired) electrons. The monoisotopic (exact) mass is 411 g/mol. The summed E-state index contributed by atoms with van der Waals surface area (Å²) in [6.07, 6.45) is 0.903. The number of hydrogen-bond donors (Lipinski definition) is 0. The average molecular weight is 412 g/mol. The summed E-state index contributed by atoms with van der Waals surface area (Å²) in [5.41, 5.74) is 3.04. The second-order valence-corrected chi connectivity index (χ2v) is 8.71. The van der Waals surface area contributed by atoms with Crippen molar-refractivity contribution in [3.63, 3.8) is 0 Å². The van der Waals surface area contributed by atoms with Gasteiger partial charge in [-0.25, -0.2) is 4.98 Å². The van der Waals surface area contributed by atoms with E-state index in [2.05, 4.69) is 12.1 Å². The van der Waals surface area contributed by atoms with E-state index in [1.165, 1.54) is 4.88 Å². The smallest absolute Gasteiger partial charge is 0.263 e. The van der Waals surface area contributed by atoms with Gasteiger partial charge in [0.05, 0.1) is 17.6 Å². The first-order valence-electron chi connectivity index (χ1n) is 9.18. The third-order valence-corrected chi connectivity index (χ3v) is 6.90. The number of nitrogens with zero attached hydrogens (tertiary/aromatic N) is 3. The van der Waals surface area contributed by atoms with Crippen LogP contribution in [-0.2, 0) is 18.7 Å². The normalized spacial score (nSPS) is 11.4. The fourth-order valence-corrected chi connectivity index (χ4v) is 5.24. The molecule has 0 saturated carbocycles. The number of hydrogen-bond acceptors (Lipinski definition) is 6. The van der Waals surface area contributed by atoms with Crippen LogP contribution in [0.2, 0.25) is 0 Å². The van der Waals surface area contributed by atoms with E-state index in [1.54, 1.807) is 27.7 Å². The number of aryl methyl sites for hydroxylation is 3. The van der Waals surface area contributed by atoms with Crippen LogP contribution < -0.4 is 5.56 Å². The van der Waals surface area contributed by atoms with E-state index < -0.39 is 0 Å². The first-order chi connectivity index (χ1) is 13.6. The Morgan fingerprint density at radius 3 is 2.68 bits per heavy atom. The summed E-state index contributed by atoms with van der Waals surface area (Å²) in [5.74, 6) is 1.48. The molecule has 4 aromatic rings. The lowest BCUT2D eigenvalue weighted by atomic mass is 10.2. The average Bonchev–Trinajstić information content (AvgIpc) is 3.27. The molecular weight excluding hydrogens is 390 g/mol. The summed E-state index contributed by atoms with van der Waals surface area (Å²) in [7, 11) is 0. The third kappa shape index (κ3) is 3.64. The Bertz CT molecular complexity index is 1160. The molecule has 0 unspecified atom stereocenters. The topological polar surface area (TPSA) is 60.9 Å². The van der Waals surface area contributed by atoms with Gasteiger partial charge in [-0.15, -0.1) is 11.3 Å². The second kappa shape index (κ2) is 7.93.